The molecule has 5 rings (SSSR count). The summed E-state index contributed by atoms with van der Waals surface area (Å²) in [5.41, 5.74) is 2.55. The molecule has 1 aromatic rings. The fraction of sp³-hybridized carbons (Fsp3) is 0.833. The molecule has 6 heteroatoms. The van der Waals surface area contributed by atoms with Gasteiger partial charge in [-0.15, -0.1) is 20.4 Å². The first-order valence-corrected chi connectivity index (χ1v) is 6.82. The summed E-state index contributed by atoms with van der Waals surface area (Å²) in [7, 11) is 0. The zero-order valence-corrected chi connectivity index (χ0v) is 10.3. The molecule has 3 N–H and O–H groups in total. The summed E-state index contributed by atoms with van der Waals surface area (Å²) >= 11 is 0. The Balaban J connectivity index is 1.70. The summed E-state index contributed by atoms with van der Waals surface area (Å²) in [5.74, 6) is 9.04. The molecule has 6 nitrogen and oxygen atoms in total. The lowest BCUT2D eigenvalue weighted by Gasteiger charge is -2.55. The van der Waals surface area contributed by atoms with Crippen LogP contribution in [-0.2, 0) is 5.41 Å². The van der Waals surface area contributed by atoms with Crippen molar-refractivity contribution in [2.75, 3.05) is 5.43 Å². The van der Waals surface area contributed by atoms with Gasteiger partial charge in [-0.25, -0.2) is 5.84 Å². The van der Waals surface area contributed by atoms with Crippen molar-refractivity contribution in [2.45, 2.75) is 43.9 Å². The van der Waals surface area contributed by atoms with Gasteiger partial charge in [0.1, 0.15) is 0 Å². The SMILES string of the molecule is NNc1nnc(C23CC4CC(CC(C4)C2)C3)nn1. The normalized spacial score (nSPS) is 41.1. The lowest BCUT2D eigenvalue weighted by molar-refractivity contribution is -0.0103. The first-order valence-electron chi connectivity index (χ1n) is 6.82. The van der Waals surface area contributed by atoms with E-state index in [-0.39, 0.29) is 5.41 Å². The Hall–Kier alpha value is -1.30. The Morgan fingerprint density at radius 2 is 1.39 bits per heavy atom. The summed E-state index contributed by atoms with van der Waals surface area (Å²) in [4.78, 5) is 0. The van der Waals surface area contributed by atoms with Crippen LogP contribution < -0.4 is 11.3 Å². The molecule has 0 aromatic carbocycles. The lowest BCUT2D eigenvalue weighted by atomic mass is 9.49. The third-order valence-electron chi connectivity index (χ3n) is 5.12. The predicted octanol–water partition coefficient (Wildman–Crippen LogP) is 1.02. The molecule has 0 spiro atoms. The van der Waals surface area contributed by atoms with E-state index in [9.17, 15) is 0 Å². The van der Waals surface area contributed by atoms with Gasteiger partial charge in [-0.3, -0.25) is 5.43 Å². The molecule has 0 radical (unpaired) electrons. The second-order valence-corrected chi connectivity index (χ2v) is 6.39. The van der Waals surface area contributed by atoms with Crippen molar-refractivity contribution >= 4 is 5.95 Å². The van der Waals surface area contributed by atoms with Crippen LogP contribution in [0.15, 0.2) is 0 Å². The molecular formula is C12H18N6. The highest BCUT2D eigenvalue weighted by Gasteiger charge is 2.53. The topological polar surface area (TPSA) is 89.6 Å². The summed E-state index contributed by atoms with van der Waals surface area (Å²) in [6, 6.07) is 0. The van der Waals surface area contributed by atoms with Gasteiger partial charge in [0.2, 0.25) is 0 Å². The minimum atomic E-state index is 0.169. The van der Waals surface area contributed by atoms with Gasteiger partial charge >= 0.3 is 0 Å². The van der Waals surface area contributed by atoms with Crippen LogP contribution in [0.25, 0.3) is 0 Å². The molecule has 0 amide bonds. The lowest BCUT2D eigenvalue weighted by Crippen LogP contribution is -2.49. The second-order valence-electron chi connectivity index (χ2n) is 6.39. The van der Waals surface area contributed by atoms with Crippen molar-refractivity contribution in [1.29, 1.82) is 0 Å². The molecule has 0 unspecified atom stereocenters. The third-order valence-corrected chi connectivity index (χ3v) is 5.12. The highest BCUT2D eigenvalue weighted by atomic mass is 15.4. The smallest absolute Gasteiger partial charge is 0.276 e. The highest BCUT2D eigenvalue weighted by Crippen LogP contribution is 2.59. The van der Waals surface area contributed by atoms with E-state index in [0.717, 1.165) is 23.6 Å². The minimum absolute atomic E-state index is 0.169. The van der Waals surface area contributed by atoms with Gasteiger partial charge in [-0.1, -0.05) is 0 Å². The number of hydrogen-bond donors (Lipinski definition) is 2. The van der Waals surface area contributed by atoms with Crippen molar-refractivity contribution < 1.29 is 0 Å². The fourth-order valence-corrected chi connectivity index (χ4v) is 4.88. The molecule has 0 aliphatic heterocycles. The molecule has 18 heavy (non-hydrogen) atoms. The average Bonchev–Trinajstić information content (AvgIpc) is 2.37. The highest BCUT2D eigenvalue weighted by molar-refractivity contribution is 5.19. The fourth-order valence-electron chi connectivity index (χ4n) is 4.88. The molecule has 1 heterocycles. The molecule has 4 saturated carbocycles. The number of anilines is 1. The molecule has 4 fully saturated rings. The Morgan fingerprint density at radius 1 is 0.889 bits per heavy atom. The maximum Gasteiger partial charge on any atom is 0.276 e. The molecule has 96 valence electrons. The van der Waals surface area contributed by atoms with Gasteiger partial charge in [0, 0.05) is 5.41 Å². The van der Waals surface area contributed by atoms with E-state index in [4.69, 9.17) is 5.84 Å². The van der Waals surface area contributed by atoms with E-state index >= 15 is 0 Å². The van der Waals surface area contributed by atoms with E-state index in [1.807, 2.05) is 0 Å². The predicted molar refractivity (Wildman–Crippen MR) is 65.3 cm³/mol. The Kier molecular flexibility index (Phi) is 2.12. The standard InChI is InChI=1S/C12H18N6/c13-14-11-17-15-10(16-18-11)12-4-7-1-8(5-12)3-9(2-7)6-12/h7-9H,1-6,13H2,(H,14,17,18). The van der Waals surface area contributed by atoms with Crippen LogP contribution >= 0.6 is 0 Å². The first-order chi connectivity index (χ1) is 8.77. The quantitative estimate of drug-likeness (QED) is 0.598. The van der Waals surface area contributed by atoms with E-state index in [1.165, 1.54) is 38.5 Å². The van der Waals surface area contributed by atoms with E-state index in [0.29, 0.717) is 5.95 Å². The number of hydrogen-bond acceptors (Lipinski definition) is 6. The number of hydrazine groups is 1. The van der Waals surface area contributed by atoms with Crippen LogP contribution in [0.4, 0.5) is 5.95 Å². The maximum atomic E-state index is 5.25. The molecule has 1 aromatic heterocycles. The van der Waals surface area contributed by atoms with Crippen molar-refractivity contribution in [3.05, 3.63) is 5.82 Å². The van der Waals surface area contributed by atoms with Crippen molar-refractivity contribution in [3.63, 3.8) is 0 Å². The maximum absolute atomic E-state index is 5.25. The molecule has 4 aliphatic rings. The number of nitrogen functional groups attached to an aromatic ring is 1. The first kappa shape index (κ1) is 10.6. The van der Waals surface area contributed by atoms with Gasteiger partial charge in [0.25, 0.3) is 5.95 Å². The number of aromatic nitrogens is 4. The second kappa shape index (κ2) is 3.60. The van der Waals surface area contributed by atoms with Gasteiger partial charge in [-0.05, 0) is 56.3 Å². The summed E-state index contributed by atoms with van der Waals surface area (Å²) < 4.78 is 0. The van der Waals surface area contributed by atoms with Crippen molar-refractivity contribution in [3.8, 4) is 0 Å². The molecular weight excluding hydrogens is 228 g/mol. The van der Waals surface area contributed by atoms with Gasteiger partial charge in [0.15, 0.2) is 5.82 Å². The van der Waals surface area contributed by atoms with Crippen molar-refractivity contribution in [2.24, 2.45) is 23.6 Å². The van der Waals surface area contributed by atoms with Crippen LogP contribution in [0.2, 0.25) is 0 Å². The van der Waals surface area contributed by atoms with Crippen LogP contribution in [-0.4, -0.2) is 20.4 Å². The zero-order valence-electron chi connectivity index (χ0n) is 10.3. The van der Waals surface area contributed by atoms with E-state index in [1.54, 1.807) is 0 Å². The minimum Gasteiger partial charge on any atom is -0.290 e. The number of rotatable bonds is 2. The zero-order chi connectivity index (χ0) is 12.2. The molecule has 4 aliphatic carbocycles. The van der Waals surface area contributed by atoms with Gasteiger partial charge in [-0.2, -0.15) is 0 Å². The van der Waals surface area contributed by atoms with Crippen LogP contribution in [0.1, 0.15) is 44.3 Å². The molecule has 0 saturated heterocycles. The number of nitrogens with two attached hydrogens (primary N) is 1. The summed E-state index contributed by atoms with van der Waals surface area (Å²) in [5, 5.41) is 16.5. The third kappa shape index (κ3) is 1.44. The monoisotopic (exact) mass is 246 g/mol. The molecule has 0 atom stereocenters. The average molecular weight is 246 g/mol. The molecule has 4 bridgehead atoms. The summed E-state index contributed by atoms with van der Waals surface area (Å²) in [6.07, 6.45) is 7.96. The number of nitrogens with one attached hydrogen (secondary N) is 1. The van der Waals surface area contributed by atoms with Gasteiger partial charge in [0.05, 0.1) is 0 Å². The summed E-state index contributed by atoms with van der Waals surface area (Å²) in [6.45, 7) is 0. The van der Waals surface area contributed by atoms with Crippen LogP contribution in [0.5, 0.6) is 0 Å². The number of nitrogens with zero attached hydrogens (tertiary/aromatic N) is 4. The van der Waals surface area contributed by atoms with E-state index < -0.39 is 0 Å². The largest absolute Gasteiger partial charge is 0.290 e. The Morgan fingerprint density at radius 3 is 1.83 bits per heavy atom. The van der Waals surface area contributed by atoms with Crippen molar-refractivity contribution in [1.82, 2.24) is 20.4 Å². The van der Waals surface area contributed by atoms with E-state index in [2.05, 4.69) is 25.8 Å². The van der Waals surface area contributed by atoms with Crippen LogP contribution in [0, 0.1) is 17.8 Å². The Labute approximate surface area is 106 Å². The van der Waals surface area contributed by atoms with Gasteiger partial charge < -0.3 is 0 Å². The van der Waals surface area contributed by atoms with Crippen LogP contribution in [0.3, 0.4) is 0 Å². The Bertz CT molecular complexity index is 421.